The van der Waals surface area contributed by atoms with E-state index in [4.69, 9.17) is 28.9 Å². The molecule has 1 fully saturated rings. The van der Waals surface area contributed by atoms with Crippen molar-refractivity contribution in [1.82, 2.24) is 4.90 Å². The number of nitrogens with two attached hydrogens (primary N) is 1. The Morgan fingerprint density at radius 2 is 2.14 bits per heavy atom. The van der Waals surface area contributed by atoms with Crippen molar-refractivity contribution in [2.75, 3.05) is 13.1 Å². The van der Waals surface area contributed by atoms with E-state index in [2.05, 4.69) is 0 Å². The first kappa shape index (κ1) is 16.7. The maximum atomic E-state index is 12.2. The Morgan fingerprint density at radius 3 is 2.67 bits per heavy atom. The van der Waals surface area contributed by atoms with Crippen molar-refractivity contribution < 1.29 is 9.59 Å². The van der Waals surface area contributed by atoms with E-state index < -0.39 is 0 Å². The number of carbonyl (C=O) groups excluding carboxylic acids is 2. The predicted molar refractivity (Wildman–Crippen MR) is 86.2 cm³/mol. The molecule has 1 amide bonds. The molecule has 4 nitrogen and oxygen atoms in total. The van der Waals surface area contributed by atoms with Gasteiger partial charge >= 0.3 is 0 Å². The zero-order valence-electron chi connectivity index (χ0n) is 11.8. The van der Waals surface area contributed by atoms with Crippen LogP contribution in [0, 0.1) is 5.92 Å². The number of rotatable bonds is 5. The molecule has 0 radical (unpaired) electrons. The molecule has 0 spiro atoms. The molecule has 0 aliphatic carbocycles. The quantitative estimate of drug-likeness (QED) is 0.831. The first-order valence-electron chi connectivity index (χ1n) is 6.90. The van der Waals surface area contributed by atoms with Gasteiger partial charge in [0.1, 0.15) is 4.34 Å². The van der Waals surface area contributed by atoms with Gasteiger partial charge in [0.15, 0.2) is 5.78 Å². The molecule has 21 heavy (non-hydrogen) atoms. The third-order valence-corrected chi connectivity index (χ3v) is 5.33. The highest BCUT2D eigenvalue weighted by molar-refractivity contribution is 7.20. The molecular formula is C14H18Cl2N2O2S. The lowest BCUT2D eigenvalue weighted by Crippen LogP contribution is -2.34. The van der Waals surface area contributed by atoms with E-state index in [1.807, 2.05) is 11.8 Å². The van der Waals surface area contributed by atoms with Gasteiger partial charge in [-0.2, -0.15) is 0 Å². The predicted octanol–water partition coefficient (Wildman–Crippen LogP) is 3.21. The topological polar surface area (TPSA) is 63.4 Å². The van der Waals surface area contributed by atoms with Crippen LogP contribution in [-0.2, 0) is 4.79 Å². The Bertz CT molecular complexity index is 547. The third-order valence-electron chi connectivity index (χ3n) is 3.84. The largest absolute Gasteiger partial charge is 0.340 e. The molecular weight excluding hydrogens is 331 g/mol. The number of hydrogen-bond donors (Lipinski definition) is 1. The molecule has 0 aromatic carbocycles. The van der Waals surface area contributed by atoms with E-state index in [0.717, 1.165) is 17.8 Å². The first-order chi connectivity index (χ1) is 9.92. The molecule has 0 saturated carbocycles. The smallest absolute Gasteiger partial charge is 0.223 e. The highest BCUT2D eigenvalue weighted by Crippen LogP contribution is 2.32. The second-order valence-electron chi connectivity index (χ2n) is 5.39. The van der Waals surface area contributed by atoms with Crippen molar-refractivity contribution in [3.8, 4) is 0 Å². The minimum absolute atomic E-state index is 0.00393. The van der Waals surface area contributed by atoms with Crippen LogP contribution in [0.4, 0.5) is 0 Å². The van der Waals surface area contributed by atoms with E-state index in [0.29, 0.717) is 33.2 Å². The average molecular weight is 349 g/mol. The summed E-state index contributed by atoms with van der Waals surface area (Å²) in [6, 6.07) is 1.75. The lowest BCUT2D eigenvalue weighted by molar-refractivity contribution is -0.131. The lowest BCUT2D eigenvalue weighted by atomic mass is 10.1. The molecule has 2 heterocycles. The number of carbonyl (C=O) groups is 2. The van der Waals surface area contributed by atoms with Crippen LogP contribution in [0.25, 0.3) is 0 Å². The van der Waals surface area contributed by atoms with Crippen molar-refractivity contribution in [3.05, 3.63) is 20.3 Å². The molecule has 1 aliphatic heterocycles. The number of hydrogen-bond acceptors (Lipinski definition) is 4. The number of amides is 1. The molecule has 1 aromatic heterocycles. The number of halogens is 2. The Labute approximate surface area is 138 Å². The van der Waals surface area contributed by atoms with E-state index in [1.165, 1.54) is 0 Å². The van der Waals surface area contributed by atoms with Gasteiger partial charge in [-0.25, -0.2) is 0 Å². The van der Waals surface area contributed by atoms with Gasteiger partial charge in [-0.1, -0.05) is 23.2 Å². The summed E-state index contributed by atoms with van der Waals surface area (Å²) >= 11 is 12.9. The number of likely N-dealkylation sites (tertiary alicyclic amines) is 1. The monoisotopic (exact) mass is 348 g/mol. The lowest BCUT2D eigenvalue weighted by Gasteiger charge is -2.21. The van der Waals surface area contributed by atoms with Gasteiger partial charge in [-0.05, 0) is 31.9 Å². The molecule has 1 aromatic rings. The molecule has 116 valence electrons. The molecule has 0 bridgehead atoms. The van der Waals surface area contributed by atoms with Crippen molar-refractivity contribution in [1.29, 1.82) is 0 Å². The van der Waals surface area contributed by atoms with Crippen LogP contribution in [0.5, 0.6) is 0 Å². The molecule has 2 unspecified atom stereocenters. The van der Waals surface area contributed by atoms with Crippen LogP contribution >= 0.6 is 34.5 Å². The van der Waals surface area contributed by atoms with Gasteiger partial charge in [-0.15, -0.1) is 11.3 Å². The Kier molecular flexibility index (Phi) is 5.66. The first-order valence-corrected chi connectivity index (χ1v) is 8.47. The highest BCUT2D eigenvalue weighted by Gasteiger charge is 2.31. The average Bonchev–Trinajstić information content (AvgIpc) is 2.98. The summed E-state index contributed by atoms with van der Waals surface area (Å²) in [6.45, 7) is 3.30. The summed E-state index contributed by atoms with van der Waals surface area (Å²) < 4.78 is 0.865. The van der Waals surface area contributed by atoms with Gasteiger partial charge in [0, 0.05) is 31.0 Å². The molecule has 7 heteroatoms. The maximum Gasteiger partial charge on any atom is 0.223 e. The van der Waals surface area contributed by atoms with Gasteiger partial charge < -0.3 is 10.6 Å². The van der Waals surface area contributed by atoms with Crippen molar-refractivity contribution in [3.63, 3.8) is 0 Å². The summed E-state index contributed by atoms with van der Waals surface area (Å²) in [4.78, 5) is 26.1. The number of nitrogens with zero attached hydrogens (tertiary/aromatic N) is 1. The van der Waals surface area contributed by atoms with Gasteiger partial charge in [0.2, 0.25) is 5.91 Å². The Hall–Kier alpha value is -0.620. The zero-order chi connectivity index (χ0) is 15.6. The van der Waals surface area contributed by atoms with Crippen LogP contribution in [0.3, 0.4) is 0 Å². The second kappa shape index (κ2) is 7.09. The fraction of sp³-hybridized carbons (Fsp3) is 0.571. The molecule has 2 atom stereocenters. The van der Waals surface area contributed by atoms with Crippen LogP contribution in [-0.4, -0.2) is 35.7 Å². The summed E-state index contributed by atoms with van der Waals surface area (Å²) in [7, 11) is 0. The van der Waals surface area contributed by atoms with Gasteiger partial charge in [-0.3, -0.25) is 9.59 Å². The van der Waals surface area contributed by atoms with Crippen molar-refractivity contribution >= 4 is 46.2 Å². The number of thiophene rings is 1. The summed E-state index contributed by atoms with van der Waals surface area (Å²) in [5.41, 5.74) is 6.07. The summed E-state index contributed by atoms with van der Waals surface area (Å²) in [6.07, 6.45) is 1.29. The normalized spacial score (nSPS) is 21.8. The van der Waals surface area contributed by atoms with Crippen LogP contribution in [0.1, 0.15) is 36.5 Å². The summed E-state index contributed by atoms with van der Waals surface area (Å²) in [5, 5.41) is 0. The highest BCUT2D eigenvalue weighted by atomic mass is 35.5. The molecule has 1 saturated heterocycles. The van der Waals surface area contributed by atoms with Crippen molar-refractivity contribution in [2.45, 2.75) is 32.2 Å². The minimum atomic E-state index is -0.140. The summed E-state index contributed by atoms with van der Waals surface area (Å²) in [5.74, 6) is 0.229. The van der Waals surface area contributed by atoms with E-state index >= 15 is 0 Å². The third kappa shape index (κ3) is 3.97. The van der Waals surface area contributed by atoms with Crippen LogP contribution in [0.15, 0.2) is 6.07 Å². The standard InChI is InChI=1S/C14H18Cl2N2O2S/c1-8-4-9(6-17)7-18(8)13(20)3-2-11(19)10-5-12(15)21-14(10)16/h5,8-9H,2-4,6-7,17H2,1H3. The molecule has 2 rings (SSSR count). The molecule has 1 aliphatic rings. The van der Waals surface area contributed by atoms with E-state index in [9.17, 15) is 9.59 Å². The second-order valence-corrected chi connectivity index (χ2v) is 7.68. The fourth-order valence-electron chi connectivity index (χ4n) is 2.69. The Morgan fingerprint density at radius 1 is 1.43 bits per heavy atom. The minimum Gasteiger partial charge on any atom is -0.340 e. The van der Waals surface area contributed by atoms with Crippen LogP contribution in [0.2, 0.25) is 8.67 Å². The zero-order valence-corrected chi connectivity index (χ0v) is 14.1. The SMILES string of the molecule is CC1CC(CN)CN1C(=O)CCC(=O)c1cc(Cl)sc1Cl. The van der Waals surface area contributed by atoms with E-state index in [-0.39, 0.29) is 30.6 Å². The Balaban J connectivity index is 1.89. The van der Waals surface area contributed by atoms with Crippen molar-refractivity contribution in [2.24, 2.45) is 11.7 Å². The number of Topliss-reactive ketones (excluding diaryl/α,β-unsaturated/α-hetero) is 1. The van der Waals surface area contributed by atoms with Gasteiger partial charge in [0.05, 0.1) is 4.34 Å². The van der Waals surface area contributed by atoms with Gasteiger partial charge in [0.25, 0.3) is 0 Å². The van der Waals surface area contributed by atoms with E-state index in [1.54, 1.807) is 6.07 Å². The maximum absolute atomic E-state index is 12.2. The number of ketones is 1. The fourth-order valence-corrected chi connectivity index (χ4v) is 4.19. The molecule has 2 N–H and O–H groups in total. The van der Waals surface area contributed by atoms with Crippen LogP contribution < -0.4 is 5.73 Å².